The van der Waals surface area contributed by atoms with Crippen LogP contribution in [0, 0.1) is 12.3 Å². The molecule has 196 valence electrons. The molecule has 2 rings (SSSR count). The molecule has 0 bridgehead atoms. The number of benzene rings is 1. The maximum absolute atomic E-state index is 12.0. The largest absolute Gasteiger partial charge is 0.480 e. The topological polar surface area (TPSA) is 153 Å². The van der Waals surface area contributed by atoms with Gasteiger partial charge in [-0.25, -0.2) is 0 Å². The van der Waals surface area contributed by atoms with E-state index in [1.54, 1.807) is 0 Å². The predicted molar refractivity (Wildman–Crippen MR) is 119 cm³/mol. The summed E-state index contributed by atoms with van der Waals surface area (Å²) in [4.78, 5) is 47.7. The Balaban J connectivity index is 2.50. The summed E-state index contributed by atoms with van der Waals surface area (Å²) in [5.41, 5.74) is 0.426. The minimum Gasteiger partial charge on any atom is -0.480 e. The summed E-state index contributed by atoms with van der Waals surface area (Å²) >= 11 is 0. The van der Waals surface area contributed by atoms with E-state index in [0.717, 1.165) is 27.9 Å². The number of aliphatic hydroxyl groups excluding tert-OH is 1. The molecular weight excluding hydrogens is 480 g/mol. The van der Waals surface area contributed by atoms with E-state index in [9.17, 15) is 24.3 Å². The molecule has 0 unspecified atom stereocenters. The van der Waals surface area contributed by atoms with Crippen LogP contribution in [0.25, 0.3) is 0 Å². The summed E-state index contributed by atoms with van der Waals surface area (Å²) in [6.45, 7) is 2.93. The highest BCUT2D eigenvalue weighted by Crippen LogP contribution is 2.33. The van der Waals surface area contributed by atoms with E-state index < -0.39 is 61.0 Å². The maximum Gasteiger partial charge on any atom is 0.308 e. The van der Waals surface area contributed by atoms with Crippen LogP contribution in [0.15, 0.2) is 18.2 Å². The Hall–Kier alpha value is -3.82. The van der Waals surface area contributed by atoms with Gasteiger partial charge in [-0.15, -0.1) is 6.42 Å². The van der Waals surface area contributed by atoms with Crippen molar-refractivity contribution in [2.24, 2.45) is 0 Å². The van der Waals surface area contributed by atoms with E-state index in [4.69, 9.17) is 39.6 Å². The fourth-order valence-corrected chi connectivity index (χ4v) is 3.49. The number of hydrogen-bond acceptors (Lipinski definition) is 12. The third kappa shape index (κ3) is 7.86. The molecule has 12 heteroatoms. The lowest BCUT2D eigenvalue weighted by molar-refractivity contribution is -0.284. The molecule has 0 amide bonds. The molecule has 1 aliphatic heterocycles. The molecule has 1 fully saturated rings. The van der Waals surface area contributed by atoms with E-state index in [0.29, 0.717) is 5.56 Å². The van der Waals surface area contributed by atoms with Crippen LogP contribution in [0.5, 0.6) is 11.5 Å². The van der Waals surface area contributed by atoms with Crippen molar-refractivity contribution in [3.8, 4) is 23.8 Å². The Bertz CT molecular complexity index is 997. The molecule has 1 saturated heterocycles. The van der Waals surface area contributed by atoms with Gasteiger partial charge >= 0.3 is 23.9 Å². The van der Waals surface area contributed by atoms with Crippen LogP contribution < -0.4 is 9.47 Å². The zero-order valence-electron chi connectivity index (χ0n) is 20.3. The zero-order valence-corrected chi connectivity index (χ0v) is 20.3. The molecule has 1 aromatic carbocycles. The molecule has 0 aromatic heterocycles. The van der Waals surface area contributed by atoms with Crippen LogP contribution in [0.1, 0.15) is 32.8 Å². The second kappa shape index (κ2) is 13.3. The molecule has 12 nitrogen and oxygen atoms in total. The van der Waals surface area contributed by atoms with Crippen molar-refractivity contribution >= 4 is 23.9 Å². The van der Waals surface area contributed by atoms with Gasteiger partial charge < -0.3 is 38.3 Å². The number of carbonyl (C=O) groups excluding carboxylic acids is 4. The van der Waals surface area contributed by atoms with Gasteiger partial charge in [0, 0.05) is 32.4 Å². The van der Waals surface area contributed by atoms with Gasteiger partial charge in [-0.1, -0.05) is 5.92 Å². The monoisotopic (exact) mass is 508 g/mol. The normalized spacial score (nSPS) is 22.9. The number of methoxy groups -OCH3 is 1. The zero-order chi connectivity index (χ0) is 26.8. The maximum atomic E-state index is 12.0. The Kier molecular flexibility index (Phi) is 10.5. The summed E-state index contributed by atoms with van der Waals surface area (Å²) < 4.78 is 37.9. The SMILES string of the molecule is C#CCOc1cc(O[C@@H]2O[C@H](CC(=O)OC)[C@@H](OC(C)=O)[C@H](OC(C)=O)[C@H]2OC(C)=O)ccc1CO. The van der Waals surface area contributed by atoms with Gasteiger partial charge in [-0.2, -0.15) is 0 Å². The number of esters is 4. The van der Waals surface area contributed by atoms with E-state index in [-0.39, 0.29) is 24.7 Å². The average molecular weight is 508 g/mol. The van der Waals surface area contributed by atoms with Crippen molar-refractivity contribution < 1.29 is 57.4 Å². The first-order valence-electron chi connectivity index (χ1n) is 10.8. The van der Waals surface area contributed by atoms with Crippen LogP contribution in [0.4, 0.5) is 0 Å². The first-order valence-corrected chi connectivity index (χ1v) is 10.8. The Morgan fingerprint density at radius 2 is 1.61 bits per heavy atom. The highest BCUT2D eigenvalue weighted by atomic mass is 16.7. The summed E-state index contributed by atoms with van der Waals surface area (Å²) in [5, 5.41) is 9.54. The highest BCUT2D eigenvalue weighted by molar-refractivity contribution is 5.71. The van der Waals surface area contributed by atoms with Gasteiger partial charge in [-0.05, 0) is 12.1 Å². The lowest BCUT2D eigenvalue weighted by atomic mass is 9.95. The third-order valence-corrected chi connectivity index (χ3v) is 4.87. The number of rotatable bonds is 10. The van der Waals surface area contributed by atoms with Gasteiger partial charge in [0.1, 0.15) is 24.2 Å². The number of terminal acetylenes is 1. The molecule has 0 aliphatic carbocycles. The van der Waals surface area contributed by atoms with Gasteiger partial charge in [-0.3, -0.25) is 19.2 Å². The lowest BCUT2D eigenvalue weighted by Gasteiger charge is -2.44. The summed E-state index contributed by atoms with van der Waals surface area (Å²) in [6, 6.07) is 4.42. The van der Waals surface area contributed by atoms with Crippen molar-refractivity contribution in [3.63, 3.8) is 0 Å². The van der Waals surface area contributed by atoms with Crippen LogP contribution in [0.3, 0.4) is 0 Å². The van der Waals surface area contributed by atoms with Gasteiger partial charge in [0.25, 0.3) is 0 Å². The Labute approximate surface area is 207 Å². The van der Waals surface area contributed by atoms with Crippen LogP contribution in [-0.2, 0) is 49.5 Å². The minimum atomic E-state index is -1.43. The van der Waals surface area contributed by atoms with Crippen LogP contribution >= 0.6 is 0 Å². The predicted octanol–water partition coefficient (Wildman–Crippen LogP) is 0.653. The molecule has 1 aliphatic rings. The lowest BCUT2D eigenvalue weighted by Crippen LogP contribution is -2.63. The molecule has 1 N–H and O–H groups in total. The number of hydrogen-bond donors (Lipinski definition) is 1. The summed E-state index contributed by atoms with van der Waals surface area (Å²) in [6.07, 6.45) is -1.92. The van der Waals surface area contributed by atoms with Crippen molar-refractivity contribution in [2.75, 3.05) is 13.7 Å². The van der Waals surface area contributed by atoms with E-state index in [1.807, 2.05) is 0 Å². The van der Waals surface area contributed by atoms with E-state index in [1.165, 1.54) is 18.2 Å². The second-order valence-electron chi connectivity index (χ2n) is 7.58. The van der Waals surface area contributed by atoms with Crippen LogP contribution in [0.2, 0.25) is 0 Å². The first-order chi connectivity index (χ1) is 17.1. The minimum absolute atomic E-state index is 0.0771. The fraction of sp³-hybridized carbons (Fsp3) is 0.500. The summed E-state index contributed by atoms with van der Waals surface area (Å²) in [5.74, 6) is -0.323. The quantitative estimate of drug-likeness (QED) is 0.268. The molecule has 0 saturated carbocycles. The first kappa shape index (κ1) is 28.4. The number of carbonyl (C=O) groups is 4. The molecule has 36 heavy (non-hydrogen) atoms. The van der Waals surface area contributed by atoms with Crippen molar-refractivity contribution in [1.82, 2.24) is 0 Å². The van der Waals surface area contributed by atoms with Gasteiger partial charge in [0.05, 0.1) is 20.1 Å². The molecular formula is C24H28O12. The molecule has 1 heterocycles. The molecule has 0 spiro atoms. The molecule has 0 radical (unpaired) electrons. The fourth-order valence-electron chi connectivity index (χ4n) is 3.49. The van der Waals surface area contributed by atoms with E-state index >= 15 is 0 Å². The second-order valence-corrected chi connectivity index (χ2v) is 7.58. The van der Waals surface area contributed by atoms with Crippen LogP contribution in [-0.4, -0.2) is 73.4 Å². The Morgan fingerprint density at radius 3 is 2.17 bits per heavy atom. The van der Waals surface area contributed by atoms with Crippen molar-refractivity contribution in [3.05, 3.63) is 23.8 Å². The average Bonchev–Trinajstić information content (AvgIpc) is 2.81. The molecule has 1 aromatic rings. The standard InChI is InChI=1S/C24H28O12/c1-6-9-31-18-10-17(8-7-16(18)12-25)35-24-23(34-15(4)28)22(33-14(3)27)21(32-13(2)26)19(36-24)11-20(29)30-5/h1,7-8,10,19,21-25H,9,11-12H2,2-5H3/t19-,21-,22+,23-,24-/m1/s1. The smallest absolute Gasteiger partial charge is 0.308 e. The van der Waals surface area contributed by atoms with Crippen molar-refractivity contribution in [1.29, 1.82) is 0 Å². The van der Waals surface area contributed by atoms with Gasteiger partial charge in [0.2, 0.25) is 12.4 Å². The Morgan fingerprint density at radius 1 is 1.00 bits per heavy atom. The van der Waals surface area contributed by atoms with Crippen molar-refractivity contribution in [2.45, 2.75) is 64.5 Å². The molecule has 5 atom stereocenters. The van der Waals surface area contributed by atoms with Gasteiger partial charge in [0.15, 0.2) is 12.2 Å². The highest BCUT2D eigenvalue weighted by Gasteiger charge is 2.53. The number of ether oxygens (including phenoxy) is 7. The summed E-state index contributed by atoms with van der Waals surface area (Å²) in [7, 11) is 1.16. The third-order valence-electron chi connectivity index (χ3n) is 4.87. The number of aliphatic hydroxyl groups is 1. The van der Waals surface area contributed by atoms with E-state index in [2.05, 4.69) is 5.92 Å².